The van der Waals surface area contributed by atoms with E-state index >= 15 is 0 Å². The fourth-order valence-corrected chi connectivity index (χ4v) is 10.9. The lowest BCUT2D eigenvalue weighted by molar-refractivity contribution is -0.150. The van der Waals surface area contributed by atoms with Crippen molar-refractivity contribution in [2.45, 2.75) is 222 Å². The summed E-state index contributed by atoms with van der Waals surface area (Å²) in [5.41, 5.74) is 17.2. The van der Waals surface area contributed by atoms with Gasteiger partial charge in [0.1, 0.15) is 60.3 Å². The molecule has 482 valence electrons. The van der Waals surface area contributed by atoms with Crippen LogP contribution in [0.3, 0.4) is 0 Å². The Morgan fingerprint density at radius 3 is 2.00 bits per heavy atom. The molecular weight excluding hydrogens is 1110 g/mol. The van der Waals surface area contributed by atoms with Crippen LogP contribution in [-0.2, 0) is 43.1 Å². The SMILES string of the molecule is CCC(C)CC(C)CCCCCCCCC(=O)N[C@H]1C[C@@H](O)[C@@H](OCCN)NC(=O)[C@@H]2[C@@H](O)CCN2C(=O)[C@H]([C@H](O)CCNC(=O)[C@@H](N)CCCN)NC(=O)[C@H]([C@H](O)[C@@H](O)c2ccc(O)cc2)NC(=O)[C@@H]2C[C@@H](O)CN2C(=O)[C@H]([C@@H](C)O)NC1=O. The van der Waals surface area contributed by atoms with Gasteiger partial charge >= 0.3 is 0 Å². The highest BCUT2D eigenvalue weighted by molar-refractivity contribution is 5.98. The number of hydrogen-bond donors (Lipinski definition) is 17. The first kappa shape index (κ1) is 71.8. The zero-order valence-electron chi connectivity index (χ0n) is 49.6. The molecule has 0 radical (unpaired) electrons. The summed E-state index contributed by atoms with van der Waals surface area (Å²) in [6, 6.07) is -8.02. The van der Waals surface area contributed by atoms with Crippen molar-refractivity contribution in [2.75, 3.05) is 39.3 Å². The van der Waals surface area contributed by atoms with Crippen LogP contribution in [0.2, 0.25) is 0 Å². The predicted molar refractivity (Wildman–Crippen MR) is 308 cm³/mol. The molecule has 85 heavy (non-hydrogen) atoms. The standard InChI is InChI=1S/C57H97N11O17/c1-5-31(2)27-32(3)13-10-8-6-7-9-11-15-43(75)62-38-29-42(74)55(85-26-23-59)66-54(82)47-41(73)21-25-67(47)57(84)45(40(72)20-24-61-50(78)37(60)14-12-22-58)64-53(81)46(49(77)48(76)34-16-18-35(70)19-17-34)65-52(80)39-28-36(71)30-68(39)56(83)44(33(4)69)63-51(38)79/h16-19,31-33,36-42,44-49,55,69-74,76-77H,5-15,20-30,58-60H2,1-4H3,(H,61,78)(H,62,75)(H,63,79)(H,64,81)(H,65,80)(H,66,82)/t31?,32?,33-,36-,37+,38+,39+,40-,41+,42-,44+,45+,46+,47+,48+,49+,55-/m1/s1. The summed E-state index contributed by atoms with van der Waals surface area (Å²) >= 11 is 0. The van der Waals surface area contributed by atoms with Gasteiger partial charge in [-0.1, -0.05) is 77.8 Å². The molecule has 20 N–H and O–H groups in total. The minimum atomic E-state index is -2.35. The largest absolute Gasteiger partial charge is 0.508 e. The van der Waals surface area contributed by atoms with E-state index in [4.69, 9.17) is 21.9 Å². The van der Waals surface area contributed by atoms with Crippen molar-refractivity contribution in [2.24, 2.45) is 29.0 Å². The van der Waals surface area contributed by atoms with E-state index in [9.17, 15) is 79.2 Å². The predicted octanol–water partition coefficient (Wildman–Crippen LogP) is -3.66. The monoisotopic (exact) mass is 1210 g/mol. The summed E-state index contributed by atoms with van der Waals surface area (Å²) in [6.45, 7) is 6.26. The van der Waals surface area contributed by atoms with Crippen molar-refractivity contribution in [3.63, 3.8) is 0 Å². The fourth-order valence-electron chi connectivity index (χ4n) is 10.9. The van der Waals surface area contributed by atoms with E-state index in [2.05, 4.69) is 52.7 Å². The van der Waals surface area contributed by atoms with Gasteiger partial charge in [0.2, 0.25) is 47.3 Å². The number of carbonyl (C=O) groups excluding carboxylic acids is 8. The normalized spacial score (nSPS) is 27.4. The topological polar surface area (TPSA) is 464 Å². The lowest BCUT2D eigenvalue weighted by Crippen LogP contribution is -2.64. The van der Waals surface area contributed by atoms with Crippen LogP contribution in [0.5, 0.6) is 5.75 Å². The second-order valence-corrected chi connectivity index (χ2v) is 23.2. The molecule has 0 bridgehead atoms. The average Bonchev–Trinajstić information content (AvgIpc) is 4.33. The molecule has 28 heteroatoms. The van der Waals surface area contributed by atoms with Crippen molar-refractivity contribution in [3.8, 4) is 5.75 Å². The highest BCUT2D eigenvalue weighted by Gasteiger charge is 2.49. The number of nitrogens with zero attached hydrogens (tertiary/aromatic N) is 2. The Balaban J connectivity index is 1.77. The number of unbranched alkanes of at least 4 members (excludes halogenated alkanes) is 5. The van der Waals surface area contributed by atoms with Crippen molar-refractivity contribution in [1.82, 2.24) is 41.7 Å². The van der Waals surface area contributed by atoms with Crippen LogP contribution < -0.4 is 49.1 Å². The van der Waals surface area contributed by atoms with Crippen molar-refractivity contribution >= 4 is 47.3 Å². The van der Waals surface area contributed by atoms with E-state index in [0.29, 0.717) is 31.1 Å². The number of nitrogens with two attached hydrogens (primary N) is 3. The number of fused-ring (bicyclic) bond motifs is 2. The number of nitrogens with one attached hydrogen (secondary N) is 6. The lowest BCUT2D eigenvalue weighted by atomic mass is 9.91. The van der Waals surface area contributed by atoms with Gasteiger partial charge in [0.25, 0.3) is 0 Å². The van der Waals surface area contributed by atoms with Gasteiger partial charge in [-0.05, 0) is 81.5 Å². The van der Waals surface area contributed by atoms with Gasteiger partial charge in [-0.15, -0.1) is 0 Å². The van der Waals surface area contributed by atoms with Gasteiger partial charge in [-0.25, -0.2) is 0 Å². The van der Waals surface area contributed by atoms with Gasteiger partial charge in [-0.3, -0.25) is 38.4 Å². The molecule has 8 amide bonds. The molecule has 17 atom stereocenters. The highest BCUT2D eigenvalue weighted by Crippen LogP contribution is 2.27. The van der Waals surface area contributed by atoms with E-state index < -0.39 is 171 Å². The van der Waals surface area contributed by atoms with Crippen LogP contribution in [-0.4, -0.2) is 222 Å². The zero-order chi connectivity index (χ0) is 63.1. The summed E-state index contributed by atoms with van der Waals surface area (Å²) in [6.07, 6.45) is -7.87. The van der Waals surface area contributed by atoms with Gasteiger partial charge in [0.15, 0.2) is 6.23 Å². The first-order valence-corrected chi connectivity index (χ1v) is 30.1. The van der Waals surface area contributed by atoms with Gasteiger partial charge in [0.05, 0.1) is 37.1 Å². The van der Waals surface area contributed by atoms with Crippen LogP contribution in [0.25, 0.3) is 0 Å². The zero-order valence-corrected chi connectivity index (χ0v) is 49.6. The first-order chi connectivity index (χ1) is 40.3. The smallest absolute Gasteiger partial charge is 0.248 e. The first-order valence-electron chi connectivity index (χ1n) is 30.1. The van der Waals surface area contributed by atoms with E-state index in [1.165, 1.54) is 18.6 Å². The summed E-state index contributed by atoms with van der Waals surface area (Å²) in [4.78, 5) is 116. The van der Waals surface area contributed by atoms with Crippen LogP contribution in [0.15, 0.2) is 24.3 Å². The molecule has 28 nitrogen and oxygen atoms in total. The lowest BCUT2D eigenvalue weighted by Gasteiger charge is -2.35. The van der Waals surface area contributed by atoms with Crippen molar-refractivity contribution < 1.29 is 83.9 Å². The Kier molecular flexibility index (Phi) is 30.3. The maximum atomic E-state index is 14.9. The molecule has 0 aliphatic carbocycles. The quantitative estimate of drug-likeness (QED) is 0.0360. The molecule has 0 spiro atoms. The second kappa shape index (κ2) is 35.8. The van der Waals surface area contributed by atoms with Gasteiger partial charge in [0, 0.05) is 45.4 Å². The Labute approximate surface area is 497 Å². The van der Waals surface area contributed by atoms with Crippen molar-refractivity contribution in [3.05, 3.63) is 29.8 Å². The molecule has 3 heterocycles. The minimum absolute atomic E-state index is 0.0624. The molecule has 3 aliphatic heterocycles. The number of benzene rings is 1. The third-order valence-electron chi connectivity index (χ3n) is 16.1. The van der Waals surface area contributed by atoms with Gasteiger partial charge < -0.3 is 104 Å². The molecule has 3 fully saturated rings. The maximum absolute atomic E-state index is 14.9. The third kappa shape index (κ3) is 21.9. The Bertz CT molecular complexity index is 2310. The Hall–Kier alpha value is -5.66. The molecule has 3 aliphatic rings. The fraction of sp³-hybridized carbons (Fsp3) is 0.754. The van der Waals surface area contributed by atoms with Crippen molar-refractivity contribution in [1.29, 1.82) is 0 Å². The summed E-state index contributed by atoms with van der Waals surface area (Å²) in [5.74, 6) is -7.59. The summed E-state index contributed by atoms with van der Waals surface area (Å²) in [7, 11) is 0. The second-order valence-electron chi connectivity index (χ2n) is 23.2. The Morgan fingerprint density at radius 1 is 0.718 bits per heavy atom. The number of aliphatic hydroxyl groups excluding tert-OH is 7. The molecule has 1 aromatic rings. The third-order valence-corrected chi connectivity index (χ3v) is 16.1. The number of aromatic hydroxyl groups is 1. The molecular formula is C57H97N11O17. The molecule has 0 saturated carbocycles. The van der Waals surface area contributed by atoms with E-state index in [-0.39, 0.29) is 56.8 Å². The summed E-state index contributed by atoms with van der Waals surface area (Å²) < 4.78 is 5.76. The number of hydrogen-bond acceptors (Lipinski definition) is 20. The molecule has 0 aromatic heterocycles. The van der Waals surface area contributed by atoms with E-state index in [1.807, 2.05) is 0 Å². The minimum Gasteiger partial charge on any atom is -0.508 e. The van der Waals surface area contributed by atoms with E-state index in [1.54, 1.807) is 0 Å². The van der Waals surface area contributed by atoms with Gasteiger partial charge in [-0.2, -0.15) is 0 Å². The molecule has 1 aromatic carbocycles. The number of rotatable bonds is 28. The molecule has 4 rings (SSSR count). The number of ether oxygens (including phenoxy) is 1. The average molecular weight is 1210 g/mol. The molecule has 3 saturated heterocycles. The van der Waals surface area contributed by atoms with Crippen LogP contribution in [0.4, 0.5) is 0 Å². The van der Waals surface area contributed by atoms with Crippen LogP contribution in [0.1, 0.15) is 142 Å². The number of phenolic OH excluding ortho intramolecular Hbond substituents is 1. The van der Waals surface area contributed by atoms with Crippen LogP contribution in [0, 0.1) is 11.8 Å². The number of carbonyl (C=O) groups is 8. The van der Waals surface area contributed by atoms with E-state index in [0.717, 1.165) is 67.4 Å². The van der Waals surface area contributed by atoms with Crippen LogP contribution >= 0.6 is 0 Å². The summed E-state index contributed by atoms with van der Waals surface area (Å²) in [5, 5.41) is 105. The molecule has 2 unspecified atom stereocenters. The number of aliphatic hydroxyl groups is 7. The highest BCUT2D eigenvalue weighted by atomic mass is 16.5. The Morgan fingerprint density at radius 2 is 1.35 bits per heavy atom. The maximum Gasteiger partial charge on any atom is 0.248 e. The number of amides is 8. The number of phenols is 1.